The Labute approximate surface area is 105 Å². The van der Waals surface area contributed by atoms with Crippen molar-refractivity contribution in [2.45, 2.75) is 0 Å². The smallest absolute Gasteiger partial charge is 0.195 e. The number of hydrogen-bond donors (Lipinski definition) is 0. The van der Waals surface area contributed by atoms with Crippen molar-refractivity contribution in [1.82, 2.24) is 0 Å². The van der Waals surface area contributed by atoms with Gasteiger partial charge in [-0.15, -0.1) is 11.3 Å². The van der Waals surface area contributed by atoms with Gasteiger partial charge in [0.25, 0.3) is 0 Å². The van der Waals surface area contributed by atoms with Gasteiger partial charge < -0.3 is 0 Å². The van der Waals surface area contributed by atoms with Crippen LogP contribution >= 0.6 is 38.9 Å². The molecule has 15 heavy (non-hydrogen) atoms. The topological polar surface area (TPSA) is 17.1 Å². The van der Waals surface area contributed by atoms with Gasteiger partial charge in [0.1, 0.15) is 0 Å². The summed E-state index contributed by atoms with van der Waals surface area (Å²) in [5, 5.41) is 2.31. The fourth-order valence-electron chi connectivity index (χ4n) is 1.23. The molecule has 1 aromatic carbocycles. The zero-order chi connectivity index (χ0) is 10.8. The monoisotopic (exact) mass is 300 g/mol. The summed E-state index contributed by atoms with van der Waals surface area (Å²) in [7, 11) is 0. The van der Waals surface area contributed by atoms with Gasteiger partial charge in [-0.05, 0) is 34.1 Å². The molecule has 0 aliphatic rings. The Bertz CT molecular complexity index is 507. The molecule has 0 aliphatic carbocycles. The lowest BCUT2D eigenvalue weighted by Gasteiger charge is -2.00. The molecule has 1 nitrogen and oxygen atoms in total. The first-order chi connectivity index (χ1) is 7.18. The van der Waals surface area contributed by atoms with Crippen molar-refractivity contribution in [2.24, 2.45) is 0 Å². The molecule has 0 unspecified atom stereocenters. The van der Waals surface area contributed by atoms with Gasteiger partial charge >= 0.3 is 0 Å². The van der Waals surface area contributed by atoms with Gasteiger partial charge in [0, 0.05) is 16.5 Å². The summed E-state index contributed by atoms with van der Waals surface area (Å²) in [6, 6.07) is 8.87. The van der Waals surface area contributed by atoms with Crippen molar-refractivity contribution in [1.29, 1.82) is 0 Å². The Hall–Kier alpha value is -0.640. The summed E-state index contributed by atoms with van der Waals surface area (Å²) >= 11 is 10.8. The third-order valence-electron chi connectivity index (χ3n) is 1.95. The van der Waals surface area contributed by atoms with Crippen molar-refractivity contribution in [3.63, 3.8) is 0 Å². The van der Waals surface area contributed by atoms with Crippen LogP contribution in [0.15, 0.2) is 39.5 Å². The lowest BCUT2D eigenvalue weighted by atomic mass is 10.1. The number of rotatable bonds is 2. The standard InChI is InChI=1S/C11H6BrClOS/c12-10-5-7(6-15-10)11(14)8-3-1-2-4-9(8)13/h1-6H. The van der Waals surface area contributed by atoms with Crippen molar-refractivity contribution < 1.29 is 4.79 Å². The van der Waals surface area contributed by atoms with E-state index in [1.165, 1.54) is 11.3 Å². The van der Waals surface area contributed by atoms with E-state index in [4.69, 9.17) is 11.6 Å². The lowest BCUT2D eigenvalue weighted by Crippen LogP contribution is -1.99. The highest BCUT2D eigenvalue weighted by Gasteiger charge is 2.13. The molecule has 2 aromatic rings. The van der Waals surface area contributed by atoms with Gasteiger partial charge in [-0.2, -0.15) is 0 Å². The Morgan fingerprint density at radius 1 is 1.33 bits per heavy atom. The van der Waals surface area contributed by atoms with Crippen LogP contribution < -0.4 is 0 Å². The highest BCUT2D eigenvalue weighted by Crippen LogP contribution is 2.25. The molecule has 0 radical (unpaired) electrons. The Balaban J connectivity index is 2.41. The molecular weight excluding hydrogens is 296 g/mol. The summed E-state index contributed by atoms with van der Waals surface area (Å²) in [6.07, 6.45) is 0. The largest absolute Gasteiger partial charge is 0.289 e. The van der Waals surface area contributed by atoms with Crippen LogP contribution in [0.5, 0.6) is 0 Å². The second-order valence-electron chi connectivity index (χ2n) is 2.95. The van der Waals surface area contributed by atoms with E-state index in [2.05, 4.69) is 15.9 Å². The molecule has 2 rings (SSSR count). The maximum absolute atomic E-state index is 12.0. The summed E-state index contributed by atoms with van der Waals surface area (Å²) in [6.45, 7) is 0. The third kappa shape index (κ3) is 2.30. The van der Waals surface area contributed by atoms with Gasteiger partial charge in [-0.1, -0.05) is 23.7 Å². The van der Waals surface area contributed by atoms with Crippen LogP contribution in [0.3, 0.4) is 0 Å². The minimum atomic E-state index is -0.0393. The van der Waals surface area contributed by atoms with Crippen LogP contribution in [0.4, 0.5) is 0 Å². The first-order valence-corrected chi connectivity index (χ1v) is 6.27. The van der Waals surface area contributed by atoms with Crippen LogP contribution in [-0.2, 0) is 0 Å². The molecule has 0 fully saturated rings. The van der Waals surface area contributed by atoms with Gasteiger partial charge in [0.2, 0.25) is 0 Å². The number of benzene rings is 1. The van der Waals surface area contributed by atoms with Gasteiger partial charge in [-0.3, -0.25) is 4.79 Å². The second kappa shape index (κ2) is 4.47. The molecule has 0 atom stereocenters. The number of carbonyl (C=O) groups excluding carboxylic acids is 1. The molecule has 76 valence electrons. The van der Waals surface area contributed by atoms with E-state index in [-0.39, 0.29) is 5.78 Å². The number of ketones is 1. The minimum absolute atomic E-state index is 0.0393. The number of hydrogen-bond acceptors (Lipinski definition) is 2. The molecule has 0 saturated heterocycles. The zero-order valence-electron chi connectivity index (χ0n) is 7.54. The zero-order valence-corrected chi connectivity index (χ0v) is 10.7. The molecular formula is C11H6BrClOS. The van der Waals surface area contributed by atoms with E-state index in [0.717, 1.165) is 3.79 Å². The van der Waals surface area contributed by atoms with Gasteiger partial charge in [-0.25, -0.2) is 0 Å². The Morgan fingerprint density at radius 2 is 2.07 bits per heavy atom. The quantitative estimate of drug-likeness (QED) is 0.752. The van der Waals surface area contributed by atoms with Crippen LogP contribution in [-0.4, -0.2) is 5.78 Å². The summed E-state index contributed by atoms with van der Waals surface area (Å²) in [5.41, 5.74) is 1.21. The lowest BCUT2D eigenvalue weighted by molar-refractivity contribution is 0.103. The van der Waals surface area contributed by atoms with E-state index >= 15 is 0 Å². The number of carbonyl (C=O) groups is 1. The first-order valence-electron chi connectivity index (χ1n) is 4.22. The predicted molar refractivity (Wildman–Crippen MR) is 66.9 cm³/mol. The summed E-state index contributed by atoms with van der Waals surface area (Å²) in [4.78, 5) is 12.0. The Kier molecular flexibility index (Phi) is 3.24. The minimum Gasteiger partial charge on any atom is -0.289 e. The predicted octanol–water partition coefficient (Wildman–Crippen LogP) is 4.40. The number of thiophene rings is 1. The maximum atomic E-state index is 12.0. The SMILES string of the molecule is O=C(c1csc(Br)c1)c1ccccc1Cl. The molecule has 1 aromatic heterocycles. The maximum Gasteiger partial charge on any atom is 0.195 e. The third-order valence-corrected chi connectivity index (χ3v) is 3.78. The highest BCUT2D eigenvalue weighted by atomic mass is 79.9. The van der Waals surface area contributed by atoms with Crippen LogP contribution in [0.2, 0.25) is 5.02 Å². The molecule has 0 saturated carbocycles. The van der Waals surface area contributed by atoms with Gasteiger partial charge in [0.15, 0.2) is 5.78 Å². The summed E-state index contributed by atoms with van der Waals surface area (Å²) < 4.78 is 0.943. The molecule has 0 bridgehead atoms. The van der Waals surface area contributed by atoms with Crippen molar-refractivity contribution in [3.05, 3.63) is 55.6 Å². The van der Waals surface area contributed by atoms with E-state index < -0.39 is 0 Å². The molecule has 0 aliphatic heterocycles. The molecule has 0 amide bonds. The average Bonchev–Trinajstić information content (AvgIpc) is 2.65. The molecule has 0 spiro atoms. The average molecular weight is 302 g/mol. The fraction of sp³-hybridized carbons (Fsp3) is 0. The Morgan fingerprint density at radius 3 is 2.67 bits per heavy atom. The molecule has 0 N–H and O–H groups in total. The van der Waals surface area contributed by atoms with E-state index in [9.17, 15) is 4.79 Å². The van der Waals surface area contributed by atoms with Crippen molar-refractivity contribution in [3.8, 4) is 0 Å². The van der Waals surface area contributed by atoms with Crippen LogP contribution in [0, 0.1) is 0 Å². The highest BCUT2D eigenvalue weighted by molar-refractivity contribution is 9.11. The second-order valence-corrected chi connectivity index (χ2v) is 5.65. The van der Waals surface area contributed by atoms with E-state index in [0.29, 0.717) is 16.1 Å². The fourth-order valence-corrected chi connectivity index (χ4v) is 2.59. The van der Waals surface area contributed by atoms with Crippen LogP contribution in [0.1, 0.15) is 15.9 Å². The molecule has 1 heterocycles. The van der Waals surface area contributed by atoms with Crippen LogP contribution in [0.25, 0.3) is 0 Å². The summed E-state index contributed by atoms with van der Waals surface area (Å²) in [5.74, 6) is -0.0393. The normalized spacial score (nSPS) is 10.3. The van der Waals surface area contributed by atoms with Crippen molar-refractivity contribution >= 4 is 44.7 Å². The van der Waals surface area contributed by atoms with E-state index in [1.807, 2.05) is 11.4 Å². The number of halogens is 2. The van der Waals surface area contributed by atoms with Crippen molar-refractivity contribution in [2.75, 3.05) is 0 Å². The van der Waals surface area contributed by atoms with E-state index in [1.54, 1.807) is 24.3 Å². The molecule has 4 heteroatoms. The first kappa shape index (κ1) is 10.9. The van der Waals surface area contributed by atoms with Gasteiger partial charge in [0.05, 0.1) is 8.81 Å².